The van der Waals surface area contributed by atoms with E-state index < -0.39 is 30.2 Å². The summed E-state index contributed by atoms with van der Waals surface area (Å²) in [6.07, 6.45) is 5.43. The van der Waals surface area contributed by atoms with Crippen molar-refractivity contribution < 1.29 is 28.4 Å². The molecule has 10 nitrogen and oxygen atoms in total. The molecule has 3 saturated carbocycles. The first kappa shape index (κ1) is 28.5. The van der Waals surface area contributed by atoms with Gasteiger partial charge in [0.1, 0.15) is 23.5 Å². The van der Waals surface area contributed by atoms with Gasteiger partial charge in [-0.1, -0.05) is 26.0 Å². The molecule has 40 heavy (non-hydrogen) atoms. The molecule has 216 valence electrons. The second-order valence-electron chi connectivity index (χ2n) is 13.2. The summed E-state index contributed by atoms with van der Waals surface area (Å²) in [6, 6.07) is 5.35. The lowest BCUT2D eigenvalue weighted by atomic mass is 9.43. The Morgan fingerprint density at radius 3 is 2.65 bits per heavy atom. The van der Waals surface area contributed by atoms with Crippen LogP contribution in [-0.2, 0) is 31.8 Å². The van der Waals surface area contributed by atoms with Crippen molar-refractivity contribution >= 4 is 24.7 Å². The number of nitrogens with two attached hydrogens (primary N) is 1. The number of nitrogens with zero attached hydrogens (tertiary/aromatic N) is 2. The molecule has 1 aromatic heterocycles. The van der Waals surface area contributed by atoms with Gasteiger partial charge in [0.05, 0.1) is 36.6 Å². The molecule has 6 rings (SSSR count). The minimum atomic E-state index is -0.674. The maximum Gasteiger partial charge on any atom is 0.482 e. The van der Waals surface area contributed by atoms with Crippen LogP contribution in [0.15, 0.2) is 30.6 Å². The van der Waals surface area contributed by atoms with Crippen molar-refractivity contribution in [3.8, 4) is 5.75 Å². The molecule has 11 heteroatoms. The van der Waals surface area contributed by atoms with Crippen LogP contribution >= 0.6 is 0 Å². The van der Waals surface area contributed by atoms with Crippen LogP contribution < -0.4 is 15.8 Å². The third-order valence-electron chi connectivity index (χ3n) is 8.96. The van der Waals surface area contributed by atoms with Crippen molar-refractivity contribution in [3.05, 3.63) is 41.7 Å². The highest BCUT2D eigenvalue weighted by Crippen LogP contribution is 2.65. The number of benzene rings is 1. The van der Waals surface area contributed by atoms with Gasteiger partial charge in [0.15, 0.2) is 0 Å². The van der Waals surface area contributed by atoms with E-state index in [1.165, 1.54) is 18.0 Å². The van der Waals surface area contributed by atoms with Crippen LogP contribution in [0.25, 0.3) is 0 Å². The molecule has 2 aromatic rings. The number of para-hydroxylation sites is 1. The Kier molecular flexibility index (Phi) is 7.19. The molecule has 3 aliphatic carbocycles. The number of carbonyl (C=O) groups is 2. The van der Waals surface area contributed by atoms with E-state index in [-0.39, 0.29) is 24.0 Å². The van der Waals surface area contributed by atoms with Gasteiger partial charge >= 0.3 is 13.1 Å². The second kappa shape index (κ2) is 10.1. The van der Waals surface area contributed by atoms with Gasteiger partial charge < -0.3 is 29.8 Å². The molecule has 1 unspecified atom stereocenters. The molecular formula is C29H41BN4O6. The fraction of sp³-hybridized carbons (Fsp3) is 0.621. The number of nitrogens with one attached hydrogen (secondary N) is 1. The van der Waals surface area contributed by atoms with Gasteiger partial charge in [-0.2, -0.15) is 5.10 Å². The number of hydrogen-bond acceptors (Lipinski definition) is 8. The highest BCUT2D eigenvalue weighted by molar-refractivity contribution is 6.48. The zero-order chi connectivity index (χ0) is 29.0. The van der Waals surface area contributed by atoms with Gasteiger partial charge in [0.25, 0.3) is 0 Å². The largest absolute Gasteiger partial charge is 0.496 e. The van der Waals surface area contributed by atoms with Crippen molar-refractivity contribution in [2.24, 2.45) is 17.3 Å². The number of nitrogen functional groups attached to an aromatic ring is 1. The van der Waals surface area contributed by atoms with Gasteiger partial charge in [-0.25, -0.2) is 4.79 Å². The zero-order valence-electron chi connectivity index (χ0n) is 24.5. The molecule has 1 aliphatic heterocycles. The minimum Gasteiger partial charge on any atom is -0.496 e. The smallest absolute Gasteiger partial charge is 0.482 e. The third kappa shape index (κ3) is 5.21. The SMILES string of the molecule is COc1c(C[C@H](NC(=O)Cn2cc(N)cn2)B2O[C@@H]3CC4C[C@@H](C4(C)C)[C@]3(C)O2)cccc1C(=O)OC(C)(C)C. The predicted octanol–water partition coefficient (Wildman–Crippen LogP) is 3.42. The summed E-state index contributed by atoms with van der Waals surface area (Å²) in [5, 5.41) is 7.25. The first-order chi connectivity index (χ1) is 18.7. The molecular weight excluding hydrogens is 511 g/mol. The summed E-state index contributed by atoms with van der Waals surface area (Å²) in [7, 11) is 0.849. The minimum absolute atomic E-state index is 0.00602. The highest BCUT2D eigenvalue weighted by Gasteiger charge is 2.68. The Morgan fingerprint density at radius 2 is 2.02 bits per heavy atom. The average Bonchev–Trinajstić information content (AvgIpc) is 3.43. The predicted molar refractivity (Wildman–Crippen MR) is 151 cm³/mol. The van der Waals surface area contributed by atoms with E-state index in [0.717, 1.165) is 18.4 Å². The lowest BCUT2D eigenvalue weighted by Crippen LogP contribution is -2.65. The fourth-order valence-electron chi connectivity index (χ4n) is 6.87. The van der Waals surface area contributed by atoms with Crippen LogP contribution in [0.2, 0.25) is 0 Å². The third-order valence-corrected chi connectivity index (χ3v) is 8.96. The number of amides is 1. The van der Waals surface area contributed by atoms with E-state index in [9.17, 15) is 9.59 Å². The van der Waals surface area contributed by atoms with Crippen molar-refractivity contribution in [2.45, 2.75) is 90.6 Å². The van der Waals surface area contributed by atoms with Gasteiger partial charge in [0.2, 0.25) is 5.91 Å². The molecule has 1 aromatic carbocycles. The Balaban J connectivity index is 1.42. The zero-order valence-corrected chi connectivity index (χ0v) is 24.5. The quantitative estimate of drug-likeness (QED) is 0.377. The van der Waals surface area contributed by atoms with Crippen LogP contribution in [0.5, 0.6) is 5.75 Å². The average molecular weight is 552 g/mol. The molecule has 0 spiro atoms. The Labute approximate surface area is 236 Å². The second-order valence-corrected chi connectivity index (χ2v) is 13.2. The Bertz CT molecular complexity index is 1290. The number of aromatic nitrogens is 2. The van der Waals surface area contributed by atoms with E-state index in [4.69, 9.17) is 24.5 Å². The first-order valence-corrected chi connectivity index (χ1v) is 14.0. The van der Waals surface area contributed by atoms with Crippen LogP contribution in [0.4, 0.5) is 5.69 Å². The van der Waals surface area contributed by atoms with E-state index in [1.54, 1.807) is 18.3 Å². The molecule has 2 heterocycles. The number of ether oxygens (including phenoxy) is 2. The first-order valence-electron chi connectivity index (χ1n) is 14.0. The molecule has 4 fully saturated rings. The monoisotopic (exact) mass is 552 g/mol. The van der Waals surface area contributed by atoms with Crippen molar-refractivity contribution in [3.63, 3.8) is 0 Å². The number of esters is 1. The van der Waals surface area contributed by atoms with Crippen LogP contribution in [0.1, 0.15) is 70.3 Å². The summed E-state index contributed by atoms with van der Waals surface area (Å²) >= 11 is 0. The van der Waals surface area contributed by atoms with Gasteiger partial charge in [0, 0.05) is 6.20 Å². The number of methoxy groups -OCH3 is 1. The summed E-state index contributed by atoms with van der Waals surface area (Å²) in [5.74, 6) is 0.0972. The van der Waals surface area contributed by atoms with Gasteiger partial charge in [-0.3, -0.25) is 9.48 Å². The number of anilines is 1. The van der Waals surface area contributed by atoms with Crippen molar-refractivity contribution in [1.82, 2.24) is 15.1 Å². The summed E-state index contributed by atoms with van der Waals surface area (Å²) < 4.78 is 26.1. The highest BCUT2D eigenvalue weighted by atomic mass is 16.7. The standard InChI is InChI=1S/C29H41BN4O6/c1-27(2,3)38-26(36)20-10-8-9-17(25(20)37-7)11-23(33-24(35)16-34-15-19(31)14-32-34)30-39-22-13-18-12-21(28(18,4)5)29(22,6)40-30/h8-10,14-15,18,21-23H,11-13,16,31H2,1-7H3,(H,33,35)/t18?,21-,22+,23-,29-/m0/s1. The Morgan fingerprint density at radius 1 is 1.27 bits per heavy atom. The molecule has 0 radical (unpaired) electrons. The summed E-state index contributed by atoms with van der Waals surface area (Å²) in [5.41, 5.74) is 6.41. The Hall–Kier alpha value is -3.05. The lowest BCUT2D eigenvalue weighted by molar-refractivity contribution is -0.199. The van der Waals surface area contributed by atoms with Gasteiger partial charge in [-0.05, 0) is 75.8 Å². The molecule has 5 atom stereocenters. The lowest BCUT2D eigenvalue weighted by Gasteiger charge is -2.64. The fourth-order valence-corrected chi connectivity index (χ4v) is 6.87. The van der Waals surface area contributed by atoms with Gasteiger partial charge in [-0.15, -0.1) is 0 Å². The van der Waals surface area contributed by atoms with E-state index >= 15 is 0 Å². The number of rotatable bonds is 8. The van der Waals surface area contributed by atoms with Crippen LogP contribution in [0, 0.1) is 17.3 Å². The topological polar surface area (TPSA) is 127 Å². The van der Waals surface area contributed by atoms with Crippen molar-refractivity contribution in [2.75, 3.05) is 12.8 Å². The van der Waals surface area contributed by atoms with E-state index in [1.807, 2.05) is 26.8 Å². The molecule has 1 saturated heterocycles. The normalized spacial score (nSPS) is 27.4. The van der Waals surface area contributed by atoms with Crippen LogP contribution in [-0.4, -0.2) is 59.1 Å². The van der Waals surface area contributed by atoms with E-state index in [0.29, 0.717) is 35.3 Å². The molecule has 2 bridgehead atoms. The number of carbonyl (C=O) groups excluding carboxylic acids is 2. The molecule has 1 amide bonds. The summed E-state index contributed by atoms with van der Waals surface area (Å²) in [4.78, 5) is 26.2. The van der Waals surface area contributed by atoms with Crippen molar-refractivity contribution in [1.29, 1.82) is 0 Å². The number of hydrogen-bond donors (Lipinski definition) is 2. The van der Waals surface area contributed by atoms with Crippen LogP contribution in [0.3, 0.4) is 0 Å². The maximum atomic E-state index is 13.2. The molecule has 3 N–H and O–H groups in total. The van der Waals surface area contributed by atoms with E-state index in [2.05, 4.69) is 31.2 Å². The maximum absolute atomic E-state index is 13.2. The molecule has 4 aliphatic rings. The summed E-state index contributed by atoms with van der Waals surface area (Å²) in [6.45, 7) is 12.2.